The van der Waals surface area contributed by atoms with Gasteiger partial charge in [-0.25, -0.2) is 8.42 Å². The smallest absolute Gasteiger partial charge is 0.269 e. The molecule has 2 N–H and O–H groups in total. The van der Waals surface area contributed by atoms with Crippen LogP contribution in [0.1, 0.15) is 19.3 Å². The molecule has 1 amide bonds. The first-order valence-electron chi connectivity index (χ1n) is 8.06. The normalized spacial score (nSPS) is 18.0. The van der Waals surface area contributed by atoms with Crippen molar-refractivity contribution in [2.45, 2.75) is 30.2 Å². The van der Waals surface area contributed by atoms with Crippen molar-refractivity contribution in [3.05, 3.63) is 34.4 Å². The van der Waals surface area contributed by atoms with Crippen molar-refractivity contribution < 1.29 is 18.1 Å². The maximum absolute atomic E-state index is 12.9. The van der Waals surface area contributed by atoms with Crippen molar-refractivity contribution >= 4 is 34.0 Å². The van der Waals surface area contributed by atoms with Crippen LogP contribution < -0.4 is 10.6 Å². The number of likely N-dealkylation sites (N-methyl/N-ethyl adjacent to an activating group) is 1. The number of nitrogens with zero attached hydrogens (tertiary/aromatic N) is 2. The van der Waals surface area contributed by atoms with E-state index in [-0.39, 0.29) is 35.4 Å². The van der Waals surface area contributed by atoms with Crippen LogP contribution in [0.4, 0.5) is 5.69 Å². The number of rotatable bonds is 7. The second kappa shape index (κ2) is 9.81. The molecule has 1 aromatic carbocycles. The minimum absolute atomic E-state index is 0. The lowest BCUT2D eigenvalue weighted by molar-refractivity contribution is -0.384. The standard InChI is InChI=1S/C15H22N4O5S.ClH/c1-16-9-10-17-15(20)14-4-2-3-11-18(14)25(23,24)13-7-5-12(6-8-13)19(21)22;/h5-8,14,16H,2-4,9-11H2,1H3,(H,17,20);1H. The Morgan fingerprint density at radius 3 is 2.50 bits per heavy atom. The van der Waals surface area contributed by atoms with Crippen LogP contribution in [-0.2, 0) is 14.8 Å². The Hall–Kier alpha value is -1.75. The highest BCUT2D eigenvalue weighted by molar-refractivity contribution is 7.89. The number of hydrogen-bond donors (Lipinski definition) is 2. The molecular formula is C15H23ClN4O5S. The number of nitro benzene ring substituents is 1. The molecule has 146 valence electrons. The van der Waals surface area contributed by atoms with Gasteiger partial charge in [0.1, 0.15) is 6.04 Å². The van der Waals surface area contributed by atoms with Crippen molar-refractivity contribution in [3.8, 4) is 0 Å². The number of carbonyl (C=O) groups excluding carboxylic acids is 1. The molecule has 26 heavy (non-hydrogen) atoms. The van der Waals surface area contributed by atoms with Crippen LogP contribution in [-0.4, -0.2) is 56.3 Å². The Kier molecular flexibility index (Phi) is 8.41. The van der Waals surface area contributed by atoms with E-state index in [2.05, 4.69) is 10.6 Å². The number of halogens is 1. The van der Waals surface area contributed by atoms with E-state index in [1.807, 2.05) is 0 Å². The van der Waals surface area contributed by atoms with Gasteiger partial charge in [-0.2, -0.15) is 4.31 Å². The number of hydrogen-bond acceptors (Lipinski definition) is 6. The topological polar surface area (TPSA) is 122 Å². The van der Waals surface area contributed by atoms with Crippen molar-refractivity contribution in [3.63, 3.8) is 0 Å². The fourth-order valence-electron chi connectivity index (χ4n) is 2.76. The maximum Gasteiger partial charge on any atom is 0.269 e. The fourth-order valence-corrected chi connectivity index (χ4v) is 4.41. The molecule has 1 unspecified atom stereocenters. The largest absolute Gasteiger partial charge is 0.353 e. The highest BCUT2D eigenvalue weighted by atomic mass is 35.5. The van der Waals surface area contributed by atoms with Crippen LogP contribution in [0.3, 0.4) is 0 Å². The number of non-ortho nitro benzene ring substituents is 1. The molecule has 2 rings (SSSR count). The summed E-state index contributed by atoms with van der Waals surface area (Å²) >= 11 is 0. The molecule has 0 bridgehead atoms. The van der Waals surface area contributed by atoms with Crippen LogP contribution in [0.2, 0.25) is 0 Å². The van der Waals surface area contributed by atoms with Crippen LogP contribution in [0.5, 0.6) is 0 Å². The molecule has 1 aromatic rings. The molecule has 0 aliphatic carbocycles. The van der Waals surface area contributed by atoms with E-state index in [0.29, 0.717) is 25.9 Å². The Labute approximate surface area is 158 Å². The zero-order valence-corrected chi connectivity index (χ0v) is 16.0. The number of nitrogens with one attached hydrogen (secondary N) is 2. The third-order valence-electron chi connectivity index (χ3n) is 4.08. The minimum Gasteiger partial charge on any atom is -0.353 e. The van der Waals surface area contributed by atoms with Gasteiger partial charge >= 0.3 is 0 Å². The van der Waals surface area contributed by atoms with Gasteiger partial charge in [-0.05, 0) is 32.0 Å². The van der Waals surface area contributed by atoms with Gasteiger partial charge < -0.3 is 10.6 Å². The highest BCUT2D eigenvalue weighted by Gasteiger charge is 2.37. The first-order chi connectivity index (χ1) is 11.9. The first-order valence-corrected chi connectivity index (χ1v) is 9.50. The van der Waals surface area contributed by atoms with E-state index in [1.165, 1.54) is 16.4 Å². The van der Waals surface area contributed by atoms with E-state index >= 15 is 0 Å². The number of amides is 1. The number of nitro groups is 1. The molecule has 9 nitrogen and oxygen atoms in total. The summed E-state index contributed by atoms with van der Waals surface area (Å²) in [6.45, 7) is 1.26. The average Bonchev–Trinajstić information content (AvgIpc) is 2.62. The lowest BCUT2D eigenvalue weighted by atomic mass is 10.0. The summed E-state index contributed by atoms with van der Waals surface area (Å²) in [6.07, 6.45) is 1.90. The van der Waals surface area contributed by atoms with E-state index < -0.39 is 21.0 Å². The second-order valence-electron chi connectivity index (χ2n) is 5.77. The monoisotopic (exact) mass is 406 g/mol. The van der Waals surface area contributed by atoms with Crippen LogP contribution >= 0.6 is 12.4 Å². The lowest BCUT2D eigenvalue weighted by Crippen LogP contribution is -2.52. The molecule has 0 aromatic heterocycles. The average molecular weight is 407 g/mol. The molecule has 1 aliphatic heterocycles. The molecule has 1 aliphatic rings. The highest BCUT2D eigenvalue weighted by Crippen LogP contribution is 2.26. The van der Waals surface area contributed by atoms with Gasteiger partial charge in [-0.3, -0.25) is 14.9 Å². The number of sulfonamides is 1. The fraction of sp³-hybridized carbons (Fsp3) is 0.533. The molecule has 1 fully saturated rings. The summed E-state index contributed by atoms with van der Waals surface area (Å²) in [5.41, 5.74) is -0.182. The SMILES string of the molecule is CNCCNC(=O)C1CCCCN1S(=O)(=O)c1ccc([N+](=O)[O-])cc1.Cl. The van der Waals surface area contributed by atoms with Gasteiger partial charge in [0.2, 0.25) is 15.9 Å². The molecule has 0 spiro atoms. The van der Waals surface area contributed by atoms with Gasteiger partial charge in [0.15, 0.2) is 0 Å². The van der Waals surface area contributed by atoms with Crippen LogP contribution in [0, 0.1) is 10.1 Å². The van der Waals surface area contributed by atoms with Gasteiger partial charge in [0.05, 0.1) is 9.82 Å². The van der Waals surface area contributed by atoms with E-state index in [4.69, 9.17) is 0 Å². The third kappa shape index (κ3) is 5.13. The van der Waals surface area contributed by atoms with Crippen LogP contribution in [0.15, 0.2) is 29.2 Å². The predicted octanol–water partition coefficient (Wildman–Crippen LogP) is 0.895. The summed E-state index contributed by atoms with van der Waals surface area (Å²) < 4.78 is 27.0. The second-order valence-corrected chi connectivity index (χ2v) is 7.66. The van der Waals surface area contributed by atoms with E-state index in [0.717, 1.165) is 18.6 Å². The molecule has 0 radical (unpaired) electrons. The Bertz CT molecular complexity index is 726. The van der Waals surface area contributed by atoms with Gasteiger partial charge in [-0.1, -0.05) is 6.42 Å². The van der Waals surface area contributed by atoms with E-state index in [1.54, 1.807) is 7.05 Å². The predicted molar refractivity (Wildman–Crippen MR) is 98.8 cm³/mol. The molecule has 0 saturated carbocycles. The molecule has 1 heterocycles. The summed E-state index contributed by atoms with van der Waals surface area (Å²) in [4.78, 5) is 22.5. The Balaban J connectivity index is 0.00000338. The first kappa shape index (κ1) is 22.3. The third-order valence-corrected chi connectivity index (χ3v) is 6.01. The minimum atomic E-state index is -3.90. The van der Waals surface area contributed by atoms with Gasteiger partial charge in [-0.15, -0.1) is 12.4 Å². The molecular weight excluding hydrogens is 384 g/mol. The quantitative estimate of drug-likeness (QED) is 0.394. The molecule has 1 atom stereocenters. The summed E-state index contributed by atoms with van der Waals surface area (Å²) in [6, 6.07) is 3.96. The lowest BCUT2D eigenvalue weighted by Gasteiger charge is -2.33. The van der Waals surface area contributed by atoms with Crippen LogP contribution in [0.25, 0.3) is 0 Å². The number of benzene rings is 1. The van der Waals surface area contributed by atoms with Crippen molar-refractivity contribution in [1.29, 1.82) is 0 Å². The van der Waals surface area contributed by atoms with Crippen molar-refractivity contribution in [2.24, 2.45) is 0 Å². The Morgan fingerprint density at radius 1 is 1.27 bits per heavy atom. The van der Waals surface area contributed by atoms with Gasteiger partial charge in [0.25, 0.3) is 5.69 Å². The Morgan fingerprint density at radius 2 is 1.92 bits per heavy atom. The summed E-state index contributed by atoms with van der Waals surface area (Å²) in [5, 5.41) is 16.4. The van der Waals surface area contributed by atoms with Gasteiger partial charge in [0, 0.05) is 31.8 Å². The maximum atomic E-state index is 12.9. The summed E-state index contributed by atoms with van der Waals surface area (Å²) in [7, 11) is -2.13. The number of carbonyl (C=O) groups is 1. The zero-order valence-electron chi connectivity index (χ0n) is 14.4. The van der Waals surface area contributed by atoms with Crippen molar-refractivity contribution in [2.75, 3.05) is 26.7 Å². The molecule has 11 heteroatoms. The zero-order chi connectivity index (χ0) is 18.4. The molecule has 1 saturated heterocycles. The van der Waals surface area contributed by atoms with E-state index in [9.17, 15) is 23.3 Å². The van der Waals surface area contributed by atoms with Crippen molar-refractivity contribution in [1.82, 2.24) is 14.9 Å². The number of piperidine rings is 1. The summed E-state index contributed by atoms with van der Waals surface area (Å²) in [5.74, 6) is -0.319.